The Kier molecular flexibility index (Phi) is 6.02. The third kappa shape index (κ3) is 4.71. The molecule has 3 aromatic carbocycles. The first-order valence-electron chi connectivity index (χ1n) is 8.54. The molecule has 0 bridgehead atoms. The summed E-state index contributed by atoms with van der Waals surface area (Å²) in [6.07, 6.45) is 0.169. The van der Waals surface area contributed by atoms with Gasteiger partial charge in [-0.2, -0.15) is 0 Å². The van der Waals surface area contributed by atoms with Crippen molar-refractivity contribution in [3.63, 3.8) is 0 Å². The van der Waals surface area contributed by atoms with Gasteiger partial charge in [0.25, 0.3) is 10.0 Å². The SMILES string of the molecule is CN(c1ccc(CC(=O)Nc2cccc(Cl)c2)cc1)S(=O)(=O)c1ccccc1. The highest BCUT2D eigenvalue weighted by Crippen LogP contribution is 2.22. The van der Waals surface area contributed by atoms with Crippen molar-refractivity contribution >= 4 is 38.9 Å². The molecule has 3 rings (SSSR count). The second-order valence-corrected chi connectivity index (χ2v) is 8.59. The average Bonchev–Trinajstić information content (AvgIpc) is 2.68. The van der Waals surface area contributed by atoms with E-state index in [0.29, 0.717) is 16.4 Å². The first kappa shape index (κ1) is 19.9. The standard InChI is InChI=1S/C21H19ClN2O3S/c1-24(28(26,27)20-8-3-2-4-9-20)19-12-10-16(11-13-19)14-21(25)23-18-7-5-6-17(22)15-18/h2-13,15H,14H2,1H3,(H,23,25). The van der Waals surface area contributed by atoms with Gasteiger partial charge in [0.05, 0.1) is 17.0 Å². The van der Waals surface area contributed by atoms with E-state index in [1.54, 1.807) is 78.9 Å². The maximum absolute atomic E-state index is 12.7. The number of amides is 1. The predicted octanol–water partition coefficient (Wildman–Crippen LogP) is 4.35. The molecule has 0 heterocycles. The predicted molar refractivity (Wildman–Crippen MR) is 112 cm³/mol. The minimum atomic E-state index is -3.63. The molecular formula is C21H19ClN2O3S. The Bertz CT molecular complexity index is 1070. The van der Waals surface area contributed by atoms with E-state index in [0.717, 1.165) is 5.56 Å². The molecule has 144 valence electrons. The van der Waals surface area contributed by atoms with Crippen molar-refractivity contribution in [2.75, 3.05) is 16.7 Å². The highest BCUT2D eigenvalue weighted by molar-refractivity contribution is 7.92. The molecule has 3 aromatic rings. The summed E-state index contributed by atoms with van der Waals surface area (Å²) in [4.78, 5) is 12.4. The van der Waals surface area contributed by atoms with Crippen LogP contribution in [0.15, 0.2) is 83.8 Å². The van der Waals surface area contributed by atoms with Gasteiger partial charge in [0.1, 0.15) is 0 Å². The number of hydrogen-bond acceptors (Lipinski definition) is 3. The molecule has 0 aliphatic carbocycles. The van der Waals surface area contributed by atoms with E-state index >= 15 is 0 Å². The number of sulfonamides is 1. The molecule has 5 nitrogen and oxygen atoms in total. The van der Waals surface area contributed by atoms with E-state index in [1.165, 1.54) is 11.4 Å². The van der Waals surface area contributed by atoms with Crippen LogP contribution in [0.4, 0.5) is 11.4 Å². The van der Waals surface area contributed by atoms with E-state index in [1.807, 2.05) is 0 Å². The minimum Gasteiger partial charge on any atom is -0.326 e. The zero-order valence-electron chi connectivity index (χ0n) is 15.2. The quantitative estimate of drug-likeness (QED) is 0.652. The Hall–Kier alpha value is -2.83. The number of rotatable bonds is 6. The molecule has 1 N–H and O–H groups in total. The lowest BCUT2D eigenvalue weighted by Gasteiger charge is -2.19. The normalized spacial score (nSPS) is 11.1. The Morgan fingerprint density at radius 1 is 0.964 bits per heavy atom. The first-order chi connectivity index (χ1) is 13.4. The fourth-order valence-corrected chi connectivity index (χ4v) is 4.08. The van der Waals surface area contributed by atoms with Crippen molar-refractivity contribution in [2.24, 2.45) is 0 Å². The minimum absolute atomic E-state index is 0.169. The molecule has 0 atom stereocenters. The highest BCUT2D eigenvalue weighted by Gasteiger charge is 2.20. The number of carbonyl (C=O) groups is 1. The summed E-state index contributed by atoms with van der Waals surface area (Å²) in [5.41, 5.74) is 1.92. The maximum atomic E-state index is 12.7. The van der Waals surface area contributed by atoms with Gasteiger partial charge in [-0.05, 0) is 48.0 Å². The third-order valence-electron chi connectivity index (χ3n) is 4.17. The summed E-state index contributed by atoms with van der Waals surface area (Å²) in [6.45, 7) is 0. The zero-order chi connectivity index (χ0) is 20.1. The van der Waals surface area contributed by atoms with Crippen LogP contribution in [0.2, 0.25) is 5.02 Å². The van der Waals surface area contributed by atoms with Crippen LogP contribution in [0.1, 0.15) is 5.56 Å². The van der Waals surface area contributed by atoms with E-state index in [4.69, 9.17) is 11.6 Å². The molecule has 1 amide bonds. The molecule has 0 saturated heterocycles. The monoisotopic (exact) mass is 414 g/mol. The number of benzene rings is 3. The van der Waals surface area contributed by atoms with Crippen molar-refractivity contribution in [3.05, 3.63) is 89.4 Å². The molecule has 0 aliphatic rings. The lowest BCUT2D eigenvalue weighted by Crippen LogP contribution is -2.26. The van der Waals surface area contributed by atoms with E-state index < -0.39 is 10.0 Å². The summed E-state index contributed by atoms with van der Waals surface area (Å²) in [5, 5.41) is 3.33. The molecule has 0 unspecified atom stereocenters. The molecule has 0 fully saturated rings. The van der Waals surface area contributed by atoms with Crippen molar-refractivity contribution in [1.29, 1.82) is 0 Å². The first-order valence-corrected chi connectivity index (χ1v) is 10.4. The number of halogens is 1. The Labute approximate surface area is 169 Å². The molecule has 28 heavy (non-hydrogen) atoms. The summed E-state index contributed by atoms with van der Waals surface area (Å²) < 4.78 is 26.6. The number of nitrogens with zero attached hydrogens (tertiary/aromatic N) is 1. The van der Waals surface area contributed by atoms with Gasteiger partial charge in [-0.3, -0.25) is 9.10 Å². The largest absolute Gasteiger partial charge is 0.326 e. The van der Waals surface area contributed by atoms with Gasteiger partial charge in [-0.25, -0.2) is 8.42 Å². The number of nitrogens with one attached hydrogen (secondary N) is 1. The van der Waals surface area contributed by atoms with E-state index in [-0.39, 0.29) is 17.2 Å². The zero-order valence-corrected chi connectivity index (χ0v) is 16.7. The van der Waals surface area contributed by atoms with Crippen LogP contribution in [-0.2, 0) is 21.2 Å². The lowest BCUT2D eigenvalue weighted by atomic mass is 10.1. The summed E-state index contributed by atoms with van der Waals surface area (Å²) in [7, 11) is -2.13. The van der Waals surface area contributed by atoms with Crippen molar-refractivity contribution in [3.8, 4) is 0 Å². The Morgan fingerprint density at radius 2 is 1.64 bits per heavy atom. The second-order valence-electron chi connectivity index (χ2n) is 6.19. The molecule has 0 radical (unpaired) electrons. The van der Waals surface area contributed by atoms with Gasteiger partial charge in [0, 0.05) is 17.8 Å². The molecule has 7 heteroatoms. The van der Waals surface area contributed by atoms with Crippen LogP contribution in [0.5, 0.6) is 0 Å². The van der Waals surface area contributed by atoms with Gasteiger partial charge >= 0.3 is 0 Å². The van der Waals surface area contributed by atoms with Gasteiger partial charge in [-0.1, -0.05) is 48.0 Å². The van der Waals surface area contributed by atoms with Gasteiger partial charge in [0.2, 0.25) is 5.91 Å². The number of carbonyl (C=O) groups excluding carboxylic acids is 1. The van der Waals surface area contributed by atoms with Crippen LogP contribution in [-0.4, -0.2) is 21.4 Å². The van der Waals surface area contributed by atoms with Crippen molar-refractivity contribution < 1.29 is 13.2 Å². The van der Waals surface area contributed by atoms with Crippen molar-refractivity contribution in [1.82, 2.24) is 0 Å². The highest BCUT2D eigenvalue weighted by atomic mass is 35.5. The molecular weight excluding hydrogens is 396 g/mol. The number of anilines is 2. The molecule has 0 spiro atoms. The maximum Gasteiger partial charge on any atom is 0.264 e. The topological polar surface area (TPSA) is 66.5 Å². The van der Waals surface area contributed by atoms with Gasteiger partial charge < -0.3 is 5.32 Å². The smallest absolute Gasteiger partial charge is 0.264 e. The lowest BCUT2D eigenvalue weighted by molar-refractivity contribution is -0.115. The fraction of sp³-hybridized carbons (Fsp3) is 0.0952. The average molecular weight is 415 g/mol. The Morgan fingerprint density at radius 3 is 2.29 bits per heavy atom. The van der Waals surface area contributed by atoms with E-state index in [9.17, 15) is 13.2 Å². The Balaban J connectivity index is 1.68. The van der Waals surface area contributed by atoms with Crippen LogP contribution < -0.4 is 9.62 Å². The molecule has 0 aromatic heterocycles. The number of hydrogen-bond donors (Lipinski definition) is 1. The van der Waals surface area contributed by atoms with Crippen molar-refractivity contribution in [2.45, 2.75) is 11.3 Å². The fourth-order valence-electron chi connectivity index (χ4n) is 2.67. The van der Waals surface area contributed by atoms with Crippen LogP contribution >= 0.6 is 11.6 Å². The van der Waals surface area contributed by atoms with E-state index in [2.05, 4.69) is 5.32 Å². The van der Waals surface area contributed by atoms with Gasteiger partial charge in [-0.15, -0.1) is 0 Å². The third-order valence-corrected chi connectivity index (χ3v) is 6.21. The van der Waals surface area contributed by atoms with Crippen LogP contribution in [0.3, 0.4) is 0 Å². The molecule has 0 aliphatic heterocycles. The van der Waals surface area contributed by atoms with Crippen LogP contribution in [0, 0.1) is 0 Å². The summed E-state index contributed by atoms with van der Waals surface area (Å²) >= 11 is 5.91. The summed E-state index contributed by atoms with van der Waals surface area (Å²) in [6, 6.07) is 22.0. The van der Waals surface area contributed by atoms with Gasteiger partial charge in [0.15, 0.2) is 0 Å². The molecule has 0 saturated carbocycles. The second kappa shape index (κ2) is 8.46. The van der Waals surface area contributed by atoms with Crippen LogP contribution in [0.25, 0.3) is 0 Å². The summed E-state index contributed by atoms with van der Waals surface area (Å²) in [5.74, 6) is -0.180.